The third kappa shape index (κ3) is 7.41. The van der Waals surface area contributed by atoms with E-state index in [1.165, 1.54) is 0 Å². The minimum atomic E-state index is -0.608. The van der Waals surface area contributed by atoms with Crippen LogP contribution in [-0.2, 0) is 20.6 Å². The van der Waals surface area contributed by atoms with Crippen molar-refractivity contribution in [3.05, 3.63) is 22.5 Å². The molecule has 0 amide bonds. The molecule has 2 heterocycles. The topological polar surface area (TPSA) is 92.9 Å². The first kappa shape index (κ1) is 24.4. The number of aromatic nitrogens is 1. The monoisotopic (exact) mass is 423 g/mol. The molecular weight excluding hydrogens is 386 g/mol. The number of ether oxygens (including phenoxy) is 3. The number of hydrogen-bond acceptors (Lipinski definition) is 7. The second-order valence-corrected chi connectivity index (χ2v) is 8.51. The zero-order valence-electron chi connectivity index (χ0n) is 19.1. The van der Waals surface area contributed by atoms with E-state index in [1.807, 2.05) is 20.8 Å². The molecule has 0 aliphatic carbocycles. The average Bonchev–Trinajstić information content (AvgIpc) is 3.00. The molecule has 2 rings (SSSR count). The van der Waals surface area contributed by atoms with Gasteiger partial charge in [-0.15, -0.1) is 0 Å². The lowest BCUT2D eigenvalue weighted by atomic mass is 10.1. The van der Waals surface area contributed by atoms with E-state index in [0.29, 0.717) is 23.2 Å². The fourth-order valence-electron chi connectivity index (χ4n) is 3.44. The number of carbonyl (C=O) groups is 2. The Kier molecular flexibility index (Phi) is 9.33. The summed E-state index contributed by atoms with van der Waals surface area (Å²) < 4.78 is 16.1. The van der Waals surface area contributed by atoms with Gasteiger partial charge in [-0.05, 0) is 59.6 Å². The van der Waals surface area contributed by atoms with E-state index in [0.717, 1.165) is 58.1 Å². The number of nitrogens with zero attached hydrogens (tertiary/aromatic N) is 1. The highest BCUT2D eigenvalue weighted by Crippen LogP contribution is 2.23. The van der Waals surface area contributed by atoms with Crippen LogP contribution in [0.25, 0.3) is 0 Å². The van der Waals surface area contributed by atoms with E-state index >= 15 is 0 Å². The highest BCUT2D eigenvalue weighted by atomic mass is 16.6. The summed E-state index contributed by atoms with van der Waals surface area (Å²) in [6, 6.07) is 0. The van der Waals surface area contributed by atoms with Gasteiger partial charge in [0.15, 0.2) is 0 Å². The summed E-state index contributed by atoms with van der Waals surface area (Å²) in [4.78, 5) is 30.6. The summed E-state index contributed by atoms with van der Waals surface area (Å²) in [6.45, 7) is 15.6. The molecule has 170 valence electrons. The molecule has 0 spiro atoms. The molecular formula is C22H37N3O5. The number of morpholine rings is 1. The molecule has 0 bridgehead atoms. The molecule has 1 aromatic heterocycles. The van der Waals surface area contributed by atoms with E-state index in [9.17, 15) is 9.59 Å². The summed E-state index contributed by atoms with van der Waals surface area (Å²) in [5, 5.41) is 3.45. The molecule has 1 aliphatic rings. The summed E-state index contributed by atoms with van der Waals surface area (Å²) in [5.74, 6) is -0.864. The molecule has 2 N–H and O–H groups in total. The van der Waals surface area contributed by atoms with Gasteiger partial charge in [-0.3, -0.25) is 4.90 Å². The number of aromatic amines is 1. The van der Waals surface area contributed by atoms with Crippen LogP contribution in [0.4, 0.5) is 0 Å². The number of aryl methyl sites for hydroxylation is 1. The van der Waals surface area contributed by atoms with E-state index in [4.69, 9.17) is 14.2 Å². The van der Waals surface area contributed by atoms with Crippen molar-refractivity contribution < 1.29 is 23.8 Å². The van der Waals surface area contributed by atoms with Crippen molar-refractivity contribution in [1.29, 1.82) is 0 Å². The lowest BCUT2D eigenvalue weighted by molar-refractivity contribution is 0.00625. The zero-order chi connectivity index (χ0) is 22.1. The third-order valence-corrected chi connectivity index (χ3v) is 4.90. The summed E-state index contributed by atoms with van der Waals surface area (Å²) in [7, 11) is 0. The van der Waals surface area contributed by atoms with Gasteiger partial charge in [0.05, 0.1) is 25.4 Å². The van der Waals surface area contributed by atoms with Gasteiger partial charge in [0.25, 0.3) is 0 Å². The molecule has 1 aliphatic heterocycles. The molecule has 0 radical (unpaired) electrons. The van der Waals surface area contributed by atoms with Crippen molar-refractivity contribution in [2.45, 2.75) is 53.1 Å². The van der Waals surface area contributed by atoms with E-state index in [-0.39, 0.29) is 6.61 Å². The number of nitrogens with one attached hydrogen (secondary N) is 2. The van der Waals surface area contributed by atoms with Crippen LogP contribution in [0.15, 0.2) is 0 Å². The molecule has 1 aromatic rings. The van der Waals surface area contributed by atoms with Crippen LogP contribution in [-0.4, -0.2) is 80.0 Å². The first-order valence-corrected chi connectivity index (χ1v) is 10.9. The van der Waals surface area contributed by atoms with Gasteiger partial charge in [0.1, 0.15) is 11.3 Å². The minimum absolute atomic E-state index is 0.285. The largest absolute Gasteiger partial charge is 0.462 e. The van der Waals surface area contributed by atoms with Crippen molar-refractivity contribution in [3.63, 3.8) is 0 Å². The van der Waals surface area contributed by atoms with Crippen LogP contribution < -0.4 is 5.32 Å². The van der Waals surface area contributed by atoms with Crippen LogP contribution in [0.3, 0.4) is 0 Å². The fraction of sp³-hybridized carbons (Fsp3) is 0.727. The van der Waals surface area contributed by atoms with Gasteiger partial charge in [-0.2, -0.15) is 0 Å². The fourth-order valence-corrected chi connectivity index (χ4v) is 3.44. The van der Waals surface area contributed by atoms with Gasteiger partial charge >= 0.3 is 11.9 Å². The van der Waals surface area contributed by atoms with E-state index < -0.39 is 17.5 Å². The number of esters is 2. The van der Waals surface area contributed by atoms with Crippen LogP contribution in [0.1, 0.15) is 66.2 Å². The SMILES string of the molecule is CCOC(=O)c1c(CCCNCCN2CCOCC2)[nH]c(C(=O)OC(C)(C)C)c1C. The van der Waals surface area contributed by atoms with Crippen molar-refractivity contribution in [2.75, 3.05) is 52.5 Å². The van der Waals surface area contributed by atoms with E-state index in [2.05, 4.69) is 15.2 Å². The predicted octanol–water partition coefficient (Wildman–Crippen LogP) is 2.31. The molecule has 8 nitrogen and oxygen atoms in total. The highest BCUT2D eigenvalue weighted by molar-refractivity contribution is 5.98. The molecule has 1 saturated heterocycles. The molecule has 1 fully saturated rings. The molecule has 30 heavy (non-hydrogen) atoms. The van der Waals surface area contributed by atoms with Gasteiger partial charge in [0.2, 0.25) is 0 Å². The normalized spacial score (nSPS) is 15.2. The summed E-state index contributed by atoms with van der Waals surface area (Å²) in [6.07, 6.45) is 1.48. The maximum Gasteiger partial charge on any atom is 0.355 e. The minimum Gasteiger partial charge on any atom is -0.462 e. The van der Waals surface area contributed by atoms with Gasteiger partial charge in [0, 0.05) is 31.9 Å². The van der Waals surface area contributed by atoms with Gasteiger partial charge < -0.3 is 24.5 Å². The maximum atomic E-state index is 12.6. The lowest BCUT2D eigenvalue weighted by Crippen LogP contribution is -2.40. The van der Waals surface area contributed by atoms with Crippen molar-refractivity contribution in [1.82, 2.24) is 15.2 Å². The Morgan fingerprint density at radius 1 is 1.17 bits per heavy atom. The number of rotatable bonds is 10. The Balaban J connectivity index is 1.94. The number of carbonyl (C=O) groups excluding carboxylic acids is 2. The van der Waals surface area contributed by atoms with Crippen LogP contribution >= 0.6 is 0 Å². The molecule has 0 atom stereocenters. The van der Waals surface area contributed by atoms with E-state index in [1.54, 1.807) is 13.8 Å². The Morgan fingerprint density at radius 3 is 2.50 bits per heavy atom. The number of H-pyrrole nitrogens is 1. The summed E-state index contributed by atoms with van der Waals surface area (Å²) in [5.41, 5.74) is 1.47. The standard InChI is InChI=1S/C22H37N3O5/c1-6-29-20(26)18-16(2)19(21(27)30-22(3,4)5)24-17(18)8-7-9-23-10-11-25-12-14-28-15-13-25/h23-24H,6-15H2,1-5H3. The first-order valence-electron chi connectivity index (χ1n) is 10.9. The van der Waals surface area contributed by atoms with Crippen LogP contribution in [0.2, 0.25) is 0 Å². The third-order valence-electron chi connectivity index (χ3n) is 4.90. The lowest BCUT2D eigenvalue weighted by Gasteiger charge is -2.26. The molecule has 8 heteroatoms. The summed E-state index contributed by atoms with van der Waals surface area (Å²) >= 11 is 0. The van der Waals surface area contributed by atoms with Crippen molar-refractivity contribution in [2.24, 2.45) is 0 Å². The molecule has 0 saturated carbocycles. The Labute approximate surface area is 179 Å². The van der Waals surface area contributed by atoms with Crippen molar-refractivity contribution in [3.8, 4) is 0 Å². The Bertz CT molecular complexity index is 702. The smallest absolute Gasteiger partial charge is 0.355 e. The average molecular weight is 424 g/mol. The van der Waals surface area contributed by atoms with Crippen LogP contribution in [0, 0.1) is 6.92 Å². The maximum absolute atomic E-state index is 12.6. The first-order chi connectivity index (χ1) is 14.2. The van der Waals surface area contributed by atoms with Gasteiger partial charge in [-0.1, -0.05) is 0 Å². The zero-order valence-corrected chi connectivity index (χ0v) is 19.1. The second kappa shape index (κ2) is 11.5. The second-order valence-electron chi connectivity index (χ2n) is 8.51. The van der Waals surface area contributed by atoms with Crippen LogP contribution in [0.5, 0.6) is 0 Å². The Morgan fingerprint density at radius 2 is 1.87 bits per heavy atom. The quantitative estimate of drug-likeness (QED) is 0.441. The van der Waals surface area contributed by atoms with Crippen molar-refractivity contribution >= 4 is 11.9 Å². The predicted molar refractivity (Wildman–Crippen MR) is 115 cm³/mol. The molecule has 0 unspecified atom stereocenters. The molecule has 0 aromatic carbocycles. The van der Waals surface area contributed by atoms with Gasteiger partial charge in [-0.25, -0.2) is 9.59 Å². The number of hydrogen-bond donors (Lipinski definition) is 2. The Hall–Kier alpha value is -1.90. The highest BCUT2D eigenvalue weighted by Gasteiger charge is 2.27.